The number of carbonyl (C=O) groups excluding carboxylic acids is 3. The molecular weight excluding hydrogens is 705 g/mol. The average molecular weight is 757 g/mol. The molecule has 5 unspecified atom stereocenters. The molecule has 0 radical (unpaired) electrons. The highest BCUT2D eigenvalue weighted by molar-refractivity contribution is 5.86. The van der Waals surface area contributed by atoms with Crippen molar-refractivity contribution in [1.82, 2.24) is 35.5 Å². The van der Waals surface area contributed by atoms with Crippen molar-refractivity contribution in [3.63, 3.8) is 0 Å². The molecule has 2 saturated carbocycles. The van der Waals surface area contributed by atoms with E-state index in [2.05, 4.69) is 79.1 Å². The second kappa shape index (κ2) is 17.3. The second-order valence-electron chi connectivity index (χ2n) is 15.6. The highest BCUT2D eigenvalue weighted by Gasteiger charge is 2.43. The van der Waals surface area contributed by atoms with E-state index in [1.54, 1.807) is 6.33 Å². The Morgan fingerprint density at radius 3 is 2.23 bits per heavy atom. The number of aromatic amines is 2. The Morgan fingerprint density at radius 1 is 0.911 bits per heavy atom. The molecule has 3 aromatic carbocycles. The lowest BCUT2D eigenvalue weighted by molar-refractivity contribution is -0.135. The van der Waals surface area contributed by atoms with E-state index in [1.165, 1.54) is 26.4 Å². The molecule has 3 fully saturated rings. The Bertz CT molecular complexity index is 2090. The highest BCUT2D eigenvalue weighted by atomic mass is 16.5. The molecule has 1 aliphatic heterocycles. The number of hydrogen-bond donors (Lipinski definition) is 5. The van der Waals surface area contributed by atoms with Crippen molar-refractivity contribution >= 4 is 23.6 Å². The molecule has 12 nitrogen and oxygen atoms in total. The first kappa shape index (κ1) is 38.4. The lowest BCUT2D eigenvalue weighted by Crippen LogP contribution is -2.51. The molecule has 5 atom stereocenters. The number of alkyl carbamates (subject to hydrolysis) is 1. The number of aromatic nitrogens is 4. The number of H-pyrrole nitrogens is 2. The Hall–Kier alpha value is -5.91. The van der Waals surface area contributed by atoms with E-state index >= 15 is 0 Å². The molecule has 3 amide bonds. The summed E-state index contributed by atoms with van der Waals surface area (Å²) in [5, 5.41) is 5.75. The molecule has 3 heterocycles. The largest absolute Gasteiger partial charge is 0.453 e. The number of benzene rings is 3. The number of rotatable bonds is 10. The molecule has 6 N–H and O–H groups in total. The average Bonchev–Trinajstić information content (AvgIpc) is 4.08. The van der Waals surface area contributed by atoms with Crippen LogP contribution in [0, 0.1) is 23.7 Å². The lowest BCUT2D eigenvalue weighted by atomic mass is 9.88. The molecule has 8 rings (SSSR count). The summed E-state index contributed by atoms with van der Waals surface area (Å²) in [6, 6.07) is 23.6. The van der Waals surface area contributed by atoms with Crippen LogP contribution < -0.4 is 16.4 Å². The molecular formula is C44H52N8O4. The monoisotopic (exact) mass is 756 g/mol. The summed E-state index contributed by atoms with van der Waals surface area (Å²) in [6.45, 7) is 5.04. The number of imidazole rings is 2. The summed E-state index contributed by atoms with van der Waals surface area (Å²) in [7, 11) is 1.30. The van der Waals surface area contributed by atoms with Gasteiger partial charge in [0.2, 0.25) is 11.8 Å². The number of nitrogens with two attached hydrogens (primary N) is 1. The Labute approximate surface area is 328 Å². The number of nitrogens with zero attached hydrogens (tertiary/aromatic N) is 3. The number of nitrogens with one attached hydrogen (secondary N) is 4. The van der Waals surface area contributed by atoms with Crippen LogP contribution in [0.1, 0.15) is 69.8 Å². The van der Waals surface area contributed by atoms with Crippen LogP contribution in [0.15, 0.2) is 91.5 Å². The Morgan fingerprint density at radius 2 is 1.62 bits per heavy atom. The predicted octanol–water partition coefficient (Wildman–Crippen LogP) is 7.50. The van der Waals surface area contributed by atoms with Crippen LogP contribution in [0.25, 0.3) is 33.6 Å². The first-order valence-electron chi connectivity index (χ1n) is 19.7. The fraction of sp³-hybridized carbons (Fsp3) is 0.386. The zero-order valence-electron chi connectivity index (χ0n) is 32.3. The van der Waals surface area contributed by atoms with E-state index in [0.29, 0.717) is 19.0 Å². The maximum absolute atomic E-state index is 13.4. The third-order valence-electron chi connectivity index (χ3n) is 11.6. The predicted molar refractivity (Wildman–Crippen MR) is 217 cm³/mol. The zero-order chi connectivity index (χ0) is 39.2. The van der Waals surface area contributed by atoms with Gasteiger partial charge < -0.3 is 36.0 Å². The molecule has 292 valence electrons. The van der Waals surface area contributed by atoms with Gasteiger partial charge in [0.25, 0.3) is 0 Å². The fourth-order valence-corrected chi connectivity index (χ4v) is 8.53. The molecule has 0 spiro atoms. The summed E-state index contributed by atoms with van der Waals surface area (Å²) in [5.41, 5.74) is 13.8. The van der Waals surface area contributed by atoms with Gasteiger partial charge in [0.1, 0.15) is 11.9 Å². The number of likely N-dealkylation sites (tertiary alicyclic amines) is 1. The van der Waals surface area contributed by atoms with E-state index in [9.17, 15) is 14.4 Å². The Balaban J connectivity index is 0.000000222. The molecule has 5 aromatic rings. The minimum atomic E-state index is -0.654. The summed E-state index contributed by atoms with van der Waals surface area (Å²) in [6.07, 6.45) is 11.4. The summed E-state index contributed by atoms with van der Waals surface area (Å²) < 4.78 is 4.72. The smallest absolute Gasteiger partial charge is 0.407 e. The van der Waals surface area contributed by atoms with Crippen LogP contribution in [-0.2, 0) is 20.9 Å². The fourth-order valence-electron chi connectivity index (χ4n) is 8.53. The topological polar surface area (TPSA) is 171 Å². The number of anilines is 1. The van der Waals surface area contributed by atoms with Crippen molar-refractivity contribution in [3.05, 3.63) is 103 Å². The van der Waals surface area contributed by atoms with Gasteiger partial charge in [-0.2, -0.15) is 0 Å². The van der Waals surface area contributed by atoms with Crippen LogP contribution in [0.2, 0.25) is 0 Å². The number of nitrogen functional groups attached to an aromatic ring is 1. The SMILES string of the molecule is COC(=O)NC(C(=O)N1CCCC1c1ncc(-c2ccc(-c3ccc(-c4cnc[nH]4)cc3)cc2)[nH]1)C(C)C.Nc1cccc(CNC(=O)C2CC3CCC2C3)c1. The summed E-state index contributed by atoms with van der Waals surface area (Å²) >= 11 is 0. The molecule has 2 aromatic heterocycles. The van der Waals surface area contributed by atoms with Crippen molar-refractivity contribution in [3.8, 4) is 33.6 Å². The normalized spacial score (nSPS) is 20.3. The second-order valence-corrected chi connectivity index (χ2v) is 15.6. The van der Waals surface area contributed by atoms with Crippen LogP contribution in [0.3, 0.4) is 0 Å². The molecule has 3 aliphatic rings. The Kier molecular flexibility index (Phi) is 11.8. The van der Waals surface area contributed by atoms with Crippen molar-refractivity contribution in [1.29, 1.82) is 0 Å². The molecule has 12 heteroatoms. The van der Waals surface area contributed by atoms with E-state index < -0.39 is 12.1 Å². The molecule has 56 heavy (non-hydrogen) atoms. The van der Waals surface area contributed by atoms with Crippen LogP contribution in [0.5, 0.6) is 0 Å². The molecule has 1 saturated heterocycles. The van der Waals surface area contributed by atoms with Crippen molar-refractivity contribution in [2.24, 2.45) is 23.7 Å². The van der Waals surface area contributed by atoms with Gasteiger partial charge >= 0.3 is 6.09 Å². The van der Waals surface area contributed by atoms with Crippen LogP contribution >= 0.6 is 0 Å². The first-order valence-corrected chi connectivity index (χ1v) is 19.7. The quantitative estimate of drug-likeness (QED) is 0.0919. The van der Waals surface area contributed by atoms with Gasteiger partial charge in [-0.25, -0.2) is 14.8 Å². The standard InChI is InChI=1S/C29H32N6O3.C15H20N2O/c1-18(2)26(34-29(37)38-3)28(36)35-14-4-5-25(35)27-31-16-24(33-27)22-12-8-20(9-13-22)19-6-10-21(11-7-19)23-15-30-17-32-23;16-13-3-1-2-11(7-13)9-17-15(18)14-8-10-4-5-12(14)6-10/h6-13,15-18,25-26H,4-5,14H2,1-3H3,(H,30,32)(H,31,33)(H,34,37);1-3,7,10,12,14H,4-6,8-9,16H2,(H,17,18). The van der Waals surface area contributed by atoms with E-state index in [1.807, 2.05) is 55.4 Å². The maximum Gasteiger partial charge on any atom is 0.407 e. The number of methoxy groups -OCH3 is 1. The lowest BCUT2D eigenvalue weighted by Gasteiger charge is -2.30. The van der Waals surface area contributed by atoms with Gasteiger partial charge in [0.05, 0.1) is 43.3 Å². The summed E-state index contributed by atoms with van der Waals surface area (Å²) in [4.78, 5) is 54.4. The van der Waals surface area contributed by atoms with Gasteiger partial charge in [-0.15, -0.1) is 0 Å². The molecule has 2 aliphatic carbocycles. The van der Waals surface area contributed by atoms with Crippen LogP contribution in [0.4, 0.5) is 10.5 Å². The van der Waals surface area contributed by atoms with Crippen LogP contribution in [-0.4, -0.2) is 62.4 Å². The third kappa shape index (κ3) is 8.80. The van der Waals surface area contributed by atoms with Crippen molar-refractivity contribution in [2.75, 3.05) is 19.4 Å². The first-order chi connectivity index (χ1) is 27.2. The van der Waals surface area contributed by atoms with Gasteiger partial charge in [-0.05, 0) is 89.8 Å². The third-order valence-corrected chi connectivity index (χ3v) is 11.6. The number of hydrogen-bond acceptors (Lipinski definition) is 7. The minimum absolute atomic E-state index is 0.0739. The van der Waals surface area contributed by atoms with Gasteiger partial charge in [0.15, 0.2) is 0 Å². The van der Waals surface area contributed by atoms with E-state index in [0.717, 1.165) is 75.9 Å². The van der Waals surface area contributed by atoms with Gasteiger partial charge in [0, 0.05) is 24.7 Å². The van der Waals surface area contributed by atoms with E-state index in [-0.39, 0.29) is 29.7 Å². The van der Waals surface area contributed by atoms with Crippen molar-refractivity contribution in [2.45, 2.75) is 71.0 Å². The van der Waals surface area contributed by atoms with E-state index in [4.69, 9.17) is 10.5 Å². The highest BCUT2D eigenvalue weighted by Crippen LogP contribution is 2.48. The van der Waals surface area contributed by atoms with Gasteiger partial charge in [-0.3, -0.25) is 9.59 Å². The zero-order valence-corrected chi connectivity index (χ0v) is 32.3. The molecule has 2 bridgehead atoms. The minimum Gasteiger partial charge on any atom is -0.453 e. The number of fused-ring (bicyclic) bond motifs is 2. The van der Waals surface area contributed by atoms with Crippen molar-refractivity contribution < 1.29 is 19.1 Å². The maximum atomic E-state index is 13.4. The number of ether oxygens (including phenoxy) is 1. The number of carbonyl (C=O) groups is 3. The summed E-state index contributed by atoms with van der Waals surface area (Å²) in [5.74, 6) is 2.54. The van der Waals surface area contributed by atoms with Gasteiger partial charge in [-0.1, -0.05) is 80.9 Å². The number of amides is 3.